The Morgan fingerprint density at radius 3 is 3.11 bits per heavy atom. The first-order chi connectivity index (χ1) is 8.65. The number of nitrogens with zero attached hydrogens (tertiary/aromatic N) is 2. The third kappa shape index (κ3) is 3.11. The fourth-order valence-electron chi connectivity index (χ4n) is 1.27. The number of aromatic nitrogens is 2. The highest BCUT2D eigenvalue weighted by molar-refractivity contribution is 7.11. The van der Waals surface area contributed by atoms with Crippen LogP contribution in [0.25, 0.3) is 0 Å². The molecule has 92 valence electrons. The number of amides is 1. The number of aryl methyl sites for hydroxylation is 1. The Balaban J connectivity index is 2.06. The highest BCUT2D eigenvalue weighted by Gasteiger charge is 2.07. The summed E-state index contributed by atoms with van der Waals surface area (Å²) in [5.74, 6) is -0.517. The van der Waals surface area contributed by atoms with Crippen LogP contribution in [0.2, 0.25) is 0 Å². The van der Waals surface area contributed by atoms with Crippen LogP contribution in [-0.4, -0.2) is 22.1 Å². The van der Waals surface area contributed by atoms with Gasteiger partial charge in [0.2, 0.25) is 0 Å². The van der Waals surface area contributed by atoms with Crippen LogP contribution in [0.1, 0.15) is 21.1 Å². The van der Waals surface area contributed by atoms with Crippen LogP contribution in [-0.2, 0) is 0 Å². The third-order valence-electron chi connectivity index (χ3n) is 2.01. The lowest BCUT2D eigenvalue weighted by Crippen LogP contribution is -2.24. The lowest BCUT2D eigenvalue weighted by molar-refractivity contribution is 0.0949. The topological polar surface area (TPSA) is 87.2 Å². The summed E-state index contributed by atoms with van der Waals surface area (Å²) in [6.07, 6.45) is 1.53. The van der Waals surface area contributed by atoms with E-state index in [1.807, 2.05) is 17.5 Å². The predicted molar refractivity (Wildman–Crippen MR) is 69.0 cm³/mol. The van der Waals surface area contributed by atoms with Crippen molar-refractivity contribution in [1.29, 1.82) is 0 Å². The molecule has 0 aromatic carbocycles. The summed E-state index contributed by atoms with van der Waals surface area (Å²) in [7, 11) is 0. The molecule has 0 spiro atoms. The van der Waals surface area contributed by atoms with E-state index >= 15 is 0 Å². The summed E-state index contributed by atoms with van der Waals surface area (Å²) < 4.78 is 0. The third-order valence-corrected chi connectivity index (χ3v) is 2.82. The molecule has 7 heteroatoms. The van der Waals surface area contributed by atoms with Gasteiger partial charge in [-0.2, -0.15) is 10.1 Å². The molecule has 0 radical (unpaired) electrons. The van der Waals surface area contributed by atoms with Gasteiger partial charge in [-0.15, -0.1) is 11.3 Å². The van der Waals surface area contributed by atoms with Gasteiger partial charge in [0.25, 0.3) is 5.91 Å². The lowest BCUT2D eigenvalue weighted by atomic mass is 10.3. The van der Waals surface area contributed by atoms with Crippen molar-refractivity contribution in [1.82, 2.24) is 15.4 Å². The molecule has 0 bridgehead atoms. The van der Waals surface area contributed by atoms with Crippen molar-refractivity contribution in [2.24, 2.45) is 5.10 Å². The van der Waals surface area contributed by atoms with Crippen molar-refractivity contribution in [2.45, 2.75) is 6.92 Å². The van der Waals surface area contributed by atoms with E-state index in [0.717, 1.165) is 4.88 Å². The Bertz CT molecular complexity index is 631. The molecule has 1 amide bonds. The Kier molecular flexibility index (Phi) is 3.63. The van der Waals surface area contributed by atoms with Gasteiger partial charge in [-0.1, -0.05) is 6.07 Å². The fraction of sp³-hybridized carbons (Fsp3) is 0.0909. The number of thiophene rings is 1. The van der Waals surface area contributed by atoms with Gasteiger partial charge in [-0.05, 0) is 24.4 Å². The Hall–Kier alpha value is -2.28. The number of hydrazone groups is 1. The van der Waals surface area contributed by atoms with E-state index in [1.165, 1.54) is 23.6 Å². The second-order valence-electron chi connectivity index (χ2n) is 3.47. The molecule has 2 N–H and O–H groups in total. The van der Waals surface area contributed by atoms with E-state index in [1.54, 1.807) is 6.92 Å². The zero-order chi connectivity index (χ0) is 13.0. The van der Waals surface area contributed by atoms with Gasteiger partial charge in [0.15, 0.2) is 0 Å². The lowest BCUT2D eigenvalue weighted by Gasteiger charge is -1.98. The molecular formula is C11H10N4O2S. The first-order valence-electron chi connectivity index (χ1n) is 5.10. The molecule has 0 saturated carbocycles. The molecule has 0 aliphatic rings. The Morgan fingerprint density at radius 1 is 1.61 bits per heavy atom. The highest BCUT2D eigenvalue weighted by atomic mass is 32.1. The maximum absolute atomic E-state index is 11.6. The van der Waals surface area contributed by atoms with Gasteiger partial charge in [-0.25, -0.2) is 10.2 Å². The second kappa shape index (κ2) is 5.37. The van der Waals surface area contributed by atoms with Gasteiger partial charge in [0.1, 0.15) is 5.69 Å². The smallest absolute Gasteiger partial charge is 0.310 e. The standard InChI is InChI=1S/C11H10N4O2S/c1-7-5-9(14-11(17)13-7)10(16)15-12-6-8-3-2-4-18-8/h2-6H,1H3,(H,15,16)(H,13,14,17)/b12-6+. The van der Waals surface area contributed by atoms with Crippen LogP contribution in [0.4, 0.5) is 0 Å². The fourth-order valence-corrected chi connectivity index (χ4v) is 1.86. The summed E-state index contributed by atoms with van der Waals surface area (Å²) in [5.41, 5.74) is 2.37. The maximum Gasteiger partial charge on any atom is 0.345 e. The van der Waals surface area contributed by atoms with Crippen LogP contribution in [0, 0.1) is 6.92 Å². The zero-order valence-electron chi connectivity index (χ0n) is 9.51. The van der Waals surface area contributed by atoms with E-state index in [9.17, 15) is 9.59 Å². The average molecular weight is 262 g/mol. The van der Waals surface area contributed by atoms with E-state index in [-0.39, 0.29) is 5.69 Å². The summed E-state index contributed by atoms with van der Waals surface area (Å²) in [5, 5.41) is 5.69. The average Bonchev–Trinajstić information content (AvgIpc) is 2.80. The number of rotatable bonds is 3. The van der Waals surface area contributed by atoms with Gasteiger partial charge in [0.05, 0.1) is 6.21 Å². The quantitative estimate of drug-likeness (QED) is 0.636. The number of carbonyl (C=O) groups is 1. The van der Waals surface area contributed by atoms with Gasteiger partial charge >= 0.3 is 5.69 Å². The number of carbonyl (C=O) groups excluding carboxylic acids is 1. The molecule has 2 aromatic rings. The minimum absolute atomic E-state index is 0.0413. The number of nitrogens with one attached hydrogen (secondary N) is 2. The highest BCUT2D eigenvalue weighted by Crippen LogP contribution is 2.04. The minimum Gasteiger partial charge on any atom is -0.310 e. The molecular weight excluding hydrogens is 252 g/mol. The van der Waals surface area contributed by atoms with Crippen LogP contribution < -0.4 is 11.1 Å². The van der Waals surface area contributed by atoms with Gasteiger partial charge in [0, 0.05) is 10.6 Å². The molecule has 0 aliphatic carbocycles. The minimum atomic E-state index is -0.553. The van der Waals surface area contributed by atoms with Crippen LogP contribution >= 0.6 is 11.3 Å². The van der Waals surface area contributed by atoms with E-state index < -0.39 is 11.6 Å². The van der Waals surface area contributed by atoms with Crippen molar-refractivity contribution < 1.29 is 4.79 Å². The number of hydrogen-bond donors (Lipinski definition) is 2. The number of H-pyrrole nitrogens is 1. The molecule has 0 aliphatic heterocycles. The van der Waals surface area contributed by atoms with E-state index in [2.05, 4.69) is 20.5 Å². The summed E-state index contributed by atoms with van der Waals surface area (Å²) in [6, 6.07) is 5.24. The summed E-state index contributed by atoms with van der Waals surface area (Å²) >= 11 is 1.50. The van der Waals surface area contributed by atoms with Crippen LogP contribution in [0.5, 0.6) is 0 Å². The molecule has 0 atom stereocenters. The molecule has 2 aromatic heterocycles. The molecule has 2 heterocycles. The molecule has 6 nitrogen and oxygen atoms in total. The Labute approximate surface area is 106 Å². The van der Waals surface area contributed by atoms with E-state index in [4.69, 9.17) is 0 Å². The maximum atomic E-state index is 11.6. The largest absolute Gasteiger partial charge is 0.345 e. The van der Waals surface area contributed by atoms with Crippen LogP contribution in [0.3, 0.4) is 0 Å². The molecule has 0 unspecified atom stereocenters. The van der Waals surface area contributed by atoms with Crippen molar-refractivity contribution in [2.75, 3.05) is 0 Å². The van der Waals surface area contributed by atoms with Crippen molar-refractivity contribution in [3.8, 4) is 0 Å². The summed E-state index contributed by atoms with van der Waals surface area (Å²) in [6.45, 7) is 1.68. The zero-order valence-corrected chi connectivity index (χ0v) is 10.3. The van der Waals surface area contributed by atoms with Crippen LogP contribution in [0.15, 0.2) is 33.5 Å². The molecule has 2 rings (SSSR count). The molecule has 18 heavy (non-hydrogen) atoms. The van der Waals surface area contributed by atoms with Crippen molar-refractivity contribution in [3.63, 3.8) is 0 Å². The number of hydrogen-bond acceptors (Lipinski definition) is 5. The monoisotopic (exact) mass is 262 g/mol. The molecule has 0 fully saturated rings. The number of aromatic amines is 1. The van der Waals surface area contributed by atoms with Crippen molar-refractivity contribution >= 4 is 23.5 Å². The normalized spacial score (nSPS) is 10.7. The van der Waals surface area contributed by atoms with Gasteiger partial charge < -0.3 is 4.98 Å². The first kappa shape index (κ1) is 12.2. The first-order valence-corrected chi connectivity index (χ1v) is 5.98. The predicted octanol–water partition coefficient (Wildman–Crippen LogP) is 0.904. The molecule has 0 saturated heterocycles. The van der Waals surface area contributed by atoms with Gasteiger partial charge in [-0.3, -0.25) is 4.79 Å². The summed E-state index contributed by atoms with van der Waals surface area (Å²) in [4.78, 5) is 29.7. The van der Waals surface area contributed by atoms with Crippen molar-refractivity contribution in [3.05, 3.63) is 50.3 Å². The Morgan fingerprint density at radius 2 is 2.44 bits per heavy atom. The second-order valence-corrected chi connectivity index (χ2v) is 4.45. The SMILES string of the molecule is Cc1cc(C(=O)N/N=C/c2cccs2)nc(=O)[nH]1. The van der Waals surface area contributed by atoms with E-state index in [0.29, 0.717) is 5.69 Å².